The standard InChI is InChI=1S/C15H20ClFN2O/c1-2-10-6-7-19(11(8-10)9-18)15(20)12-4-3-5-13(17)14(12)16/h3-5,10-11H,2,6-9,18H2,1H3. The molecule has 1 aliphatic rings. The highest BCUT2D eigenvalue weighted by Crippen LogP contribution is 2.28. The van der Waals surface area contributed by atoms with E-state index in [1.54, 1.807) is 11.0 Å². The summed E-state index contributed by atoms with van der Waals surface area (Å²) in [5.41, 5.74) is 6.02. The second-order valence-corrected chi connectivity index (χ2v) is 5.67. The van der Waals surface area contributed by atoms with E-state index in [9.17, 15) is 9.18 Å². The zero-order valence-corrected chi connectivity index (χ0v) is 12.4. The Bertz CT molecular complexity index is 495. The maximum atomic E-state index is 13.5. The summed E-state index contributed by atoms with van der Waals surface area (Å²) in [5.74, 6) is -0.180. The van der Waals surface area contributed by atoms with Crippen LogP contribution < -0.4 is 5.73 Å². The number of hydrogen-bond donors (Lipinski definition) is 1. The number of piperidine rings is 1. The van der Waals surface area contributed by atoms with E-state index in [-0.39, 0.29) is 22.5 Å². The second kappa shape index (κ2) is 6.55. The third-order valence-corrected chi connectivity index (χ3v) is 4.50. The number of likely N-dealkylation sites (tertiary alicyclic amines) is 1. The lowest BCUT2D eigenvalue weighted by Crippen LogP contribution is -2.49. The number of nitrogens with zero attached hydrogens (tertiary/aromatic N) is 1. The highest BCUT2D eigenvalue weighted by molar-refractivity contribution is 6.34. The van der Waals surface area contributed by atoms with Gasteiger partial charge in [0.2, 0.25) is 0 Å². The average molecular weight is 299 g/mol. The van der Waals surface area contributed by atoms with Crippen LogP contribution in [0.25, 0.3) is 0 Å². The summed E-state index contributed by atoms with van der Waals surface area (Å²) in [6.45, 7) is 3.24. The first-order valence-corrected chi connectivity index (χ1v) is 7.41. The number of amides is 1. The van der Waals surface area contributed by atoms with Crippen molar-refractivity contribution in [1.82, 2.24) is 4.90 Å². The molecular weight excluding hydrogens is 279 g/mol. The molecule has 0 aromatic heterocycles. The number of benzene rings is 1. The van der Waals surface area contributed by atoms with Crippen molar-refractivity contribution in [3.05, 3.63) is 34.6 Å². The van der Waals surface area contributed by atoms with Crippen molar-refractivity contribution in [3.8, 4) is 0 Å². The number of rotatable bonds is 3. The third-order valence-electron chi connectivity index (χ3n) is 4.12. The average Bonchev–Trinajstić information content (AvgIpc) is 2.48. The Morgan fingerprint density at radius 3 is 2.95 bits per heavy atom. The molecule has 2 rings (SSSR count). The second-order valence-electron chi connectivity index (χ2n) is 5.29. The van der Waals surface area contributed by atoms with E-state index < -0.39 is 5.82 Å². The van der Waals surface area contributed by atoms with E-state index in [4.69, 9.17) is 17.3 Å². The van der Waals surface area contributed by atoms with Gasteiger partial charge in [-0.1, -0.05) is 31.0 Å². The monoisotopic (exact) mass is 298 g/mol. The first kappa shape index (κ1) is 15.3. The molecule has 2 atom stereocenters. The number of nitrogens with two attached hydrogens (primary N) is 1. The van der Waals surface area contributed by atoms with Crippen molar-refractivity contribution in [2.75, 3.05) is 13.1 Å². The molecule has 1 saturated heterocycles. The highest BCUT2D eigenvalue weighted by Gasteiger charge is 2.31. The van der Waals surface area contributed by atoms with Crippen molar-refractivity contribution in [2.24, 2.45) is 11.7 Å². The molecule has 1 aromatic carbocycles. The van der Waals surface area contributed by atoms with Gasteiger partial charge in [0.05, 0.1) is 10.6 Å². The summed E-state index contributed by atoms with van der Waals surface area (Å²) >= 11 is 5.90. The number of halogens is 2. The van der Waals surface area contributed by atoms with Crippen LogP contribution in [0.2, 0.25) is 5.02 Å². The largest absolute Gasteiger partial charge is 0.334 e. The molecule has 1 amide bonds. The molecule has 0 aliphatic carbocycles. The zero-order chi connectivity index (χ0) is 14.7. The summed E-state index contributed by atoms with van der Waals surface area (Å²) < 4.78 is 13.5. The first-order chi connectivity index (χ1) is 9.58. The maximum Gasteiger partial charge on any atom is 0.255 e. The van der Waals surface area contributed by atoms with E-state index in [2.05, 4.69) is 6.92 Å². The van der Waals surface area contributed by atoms with Crippen LogP contribution in [0.5, 0.6) is 0 Å². The molecule has 0 radical (unpaired) electrons. The molecule has 1 fully saturated rings. The Labute approximate surface area is 123 Å². The zero-order valence-electron chi connectivity index (χ0n) is 11.6. The molecule has 110 valence electrons. The van der Waals surface area contributed by atoms with Crippen molar-refractivity contribution >= 4 is 17.5 Å². The maximum absolute atomic E-state index is 13.5. The molecule has 2 unspecified atom stereocenters. The molecule has 20 heavy (non-hydrogen) atoms. The Balaban J connectivity index is 2.22. The van der Waals surface area contributed by atoms with Gasteiger partial charge in [0.25, 0.3) is 5.91 Å². The number of hydrogen-bond acceptors (Lipinski definition) is 2. The Morgan fingerprint density at radius 2 is 2.30 bits per heavy atom. The molecule has 3 nitrogen and oxygen atoms in total. The van der Waals surface area contributed by atoms with E-state index >= 15 is 0 Å². The predicted octanol–water partition coefficient (Wildman–Crippen LogP) is 3.07. The van der Waals surface area contributed by atoms with Gasteiger partial charge in [0.15, 0.2) is 0 Å². The van der Waals surface area contributed by atoms with E-state index in [0.717, 1.165) is 19.3 Å². The fourth-order valence-electron chi connectivity index (χ4n) is 2.82. The molecule has 1 heterocycles. The van der Waals surface area contributed by atoms with Crippen LogP contribution >= 0.6 is 11.6 Å². The smallest absolute Gasteiger partial charge is 0.255 e. The topological polar surface area (TPSA) is 46.3 Å². The van der Waals surface area contributed by atoms with Gasteiger partial charge in [0.1, 0.15) is 5.82 Å². The molecule has 0 saturated carbocycles. The van der Waals surface area contributed by atoms with Gasteiger partial charge in [-0.3, -0.25) is 4.79 Å². The summed E-state index contributed by atoms with van der Waals surface area (Å²) in [4.78, 5) is 14.3. The minimum Gasteiger partial charge on any atom is -0.334 e. The van der Waals surface area contributed by atoms with Crippen LogP contribution in [0.1, 0.15) is 36.5 Å². The van der Waals surface area contributed by atoms with Crippen molar-refractivity contribution < 1.29 is 9.18 Å². The molecular formula is C15H20ClFN2O. The van der Waals surface area contributed by atoms with Gasteiger partial charge in [0, 0.05) is 19.1 Å². The van der Waals surface area contributed by atoms with Crippen LogP contribution in [0.15, 0.2) is 18.2 Å². The lowest BCUT2D eigenvalue weighted by Gasteiger charge is -2.39. The minimum absolute atomic E-state index is 0.0144. The quantitative estimate of drug-likeness (QED) is 0.932. The lowest BCUT2D eigenvalue weighted by molar-refractivity contribution is 0.0558. The predicted molar refractivity (Wildman–Crippen MR) is 78.3 cm³/mol. The van der Waals surface area contributed by atoms with Gasteiger partial charge >= 0.3 is 0 Å². The van der Waals surface area contributed by atoms with Crippen LogP contribution in [-0.2, 0) is 0 Å². The highest BCUT2D eigenvalue weighted by atomic mass is 35.5. The first-order valence-electron chi connectivity index (χ1n) is 7.03. The van der Waals surface area contributed by atoms with Gasteiger partial charge in [-0.15, -0.1) is 0 Å². The number of carbonyl (C=O) groups is 1. The summed E-state index contributed by atoms with van der Waals surface area (Å²) in [7, 11) is 0. The Hall–Kier alpha value is -1.13. The van der Waals surface area contributed by atoms with Crippen molar-refractivity contribution in [3.63, 3.8) is 0 Å². The Morgan fingerprint density at radius 1 is 1.55 bits per heavy atom. The van der Waals surface area contributed by atoms with Gasteiger partial charge in [-0.25, -0.2) is 4.39 Å². The molecule has 1 aliphatic heterocycles. The van der Waals surface area contributed by atoms with Crippen LogP contribution in [0.4, 0.5) is 4.39 Å². The summed E-state index contributed by atoms with van der Waals surface area (Å²) in [6.07, 6.45) is 2.97. The number of carbonyl (C=O) groups excluding carboxylic acids is 1. The summed E-state index contributed by atoms with van der Waals surface area (Å²) in [6, 6.07) is 4.33. The third kappa shape index (κ3) is 2.96. The normalized spacial score (nSPS) is 22.9. The molecule has 1 aromatic rings. The van der Waals surface area contributed by atoms with E-state index in [1.165, 1.54) is 12.1 Å². The van der Waals surface area contributed by atoms with Gasteiger partial charge < -0.3 is 10.6 Å². The Kier molecular flexibility index (Phi) is 5.00. The van der Waals surface area contributed by atoms with Crippen LogP contribution in [-0.4, -0.2) is 29.9 Å². The minimum atomic E-state index is -0.565. The van der Waals surface area contributed by atoms with Crippen molar-refractivity contribution in [1.29, 1.82) is 0 Å². The van der Waals surface area contributed by atoms with Gasteiger partial charge in [-0.2, -0.15) is 0 Å². The molecule has 2 N–H and O–H groups in total. The fraction of sp³-hybridized carbons (Fsp3) is 0.533. The summed E-state index contributed by atoms with van der Waals surface area (Å²) in [5, 5.41) is -0.106. The lowest BCUT2D eigenvalue weighted by atomic mass is 9.88. The fourth-order valence-corrected chi connectivity index (χ4v) is 3.03. The SMILES string of the molecule is CCC1CCN(C(=O)c2cccc(F)c2Cl)C(CN)C1. The van der Waals surface area contributed by atoms with E-state index in [0.29, 0.717) is 19.0 Å². The molecule has 0 bridgehead atoms. The van der Waals surface area contributed by atoms with Crippen LogP contribution in [0.3, 0.4) is 0 Å². The van der Waals surface area contributed by atoms with Crippen molar-refractivity contribution in [2.45, 2.75) is 32.2 Å². The van der Waals surface area contributed by atoms with Gasteiger partial charge in [-0.05, 0) is 30.9 Å². The molecule has 5 heteroatoms. The molecule has 0 spiro atoms. The van der Waals surface area contributed by atoms with E-state index in [1.807, 2.05) is 0 Å². The van der Waals surface area contributed by atoms with Crippen LogP contribution in [0, 0.1) is 11.7 Å².